The molecule has 0 aromatic carbocycles. The average molecular weight is 210 g/mol. The fourth-order valence-corrected chi connectivity index (χ4v) is 2.30. The maximum absolute atomic E-state index is 10.0. The summed E-state index contributed by atoms with van der Waals surface area (Å²) in [4.78, 5) is 0.859. The summed E-state index contributed by atoms with van der Waals surface area (Å²) in [5, 5.41) is 13.8. The Morgan fingerprint density at radius 3 is 3.07 bits per heavy atom. The Bertz CT molecular complexity index is 308. The van der Waals surface area contributed by atoms with E-state index in [4.69, 9.17) is 0 Å². The Hall–Kier alpha value is -0.740. The van der Waals surface area contributed by atoms with Crippen LogP contribution in [0.2, 0.25) is 0 Å². The highest BCUT2D eigenvalue weighted by atomic mass is 32.1. The van der Waals surface area contributed by atoms with Crippen molar-refractivity contribution in [2.75, 3.05) is 0 Å². The molecule has 4 heteroatoms. The van der Waals surface area contributed by atoms with Crippen molar-refractivity contribution >= 4 is 11.5 Å². The van der Waals surface area contributed by atoms with Crippen LogP contribution in [0, 0.1) is 0 Å². The van der Waals surface area contributed by atoms with E-state index < -0.39 is 6.10 Å². The monoisotopic (exact) mass is 210 g/mol. The van der Waals surface area contributed by atoms with Gasteiger partial charge in [0.15, 0.2) is 0 Å². The molecule has 1 aromatic heterocycles. The van der Waals surface area contributed by atoms with Crippen LogP contribution < -0.4 is 0 Å². The van der Waals surface area contributed by atoms with Gasteiger partial charge in [0.05, 0.1) is 11.1 Å². The first-order valence-electron chi connectivity index (χ1n) is 5.02. The quantitative estimate of drug-likeness (QED) is 0.763. The summed E-state index contributed by atoms with van der Waals surface area (Å²) in [5.41, 5.74) is 1.15. The first-order valence-corrected chi connectivity index (χ1v) is 5.79. The maximum Gasteiger partial charge on any atom is 0.112 e. The van der Waals surface area contributed by atoms with Gasteiger partial charge in [-0.25, -0.2) is 0 Å². The van der Waals surface area contributed by atoms with Crippen molar-refractivity contribution < 1.29 is 5.11 Å². The minimum absolute atomic E-state index is 0.465. The summed E-state index contributed by atoms with van der Waals surface area (Å²) >= 11 is 1.28. The van der Waals surface area contributed by atoms with Crippen LogP contribution in [0.5, 0.6) is 0 Å². The van der Waals surface area contributed by atoms with Crippen LogP contribution in [-0.2, 0) is 0 Å². The summed E-state index contributed by atoms with van der Waals surface area (Å²) in [7, 11) is 0. The van der Waals surface area contributed by atoms with Gasteiger partial charge in [0, 0.05) is 0 Å². The molecule has 1 aliphatic carbocycles. The molecule has 1 unspecified atom stereocenters. The molecule has 0 spiro atoms. The third kappa shape index (κ3) is 2.19. The zero-order valence-corrected chi connectivity index (χ0v) is 8.83. The van der Waals surface area contributed by atoms with Gasteiger partial charge >= 0.3 is 0 Å². The van der Waals surface area contributed by atoms with Crippen molar-refractivity contribution in [2.24, 2.45) is 0 Å². The van der Waals surface area contributed by atoms with Crippen LogP contribution >= 0.6 is 11.5 Å². The Morgan fingerprint density at radius 2 is 2.29 bits per heavy atom. The van der Waals surface area contributed by atoms with Gasteiger partial charge in [-0.15, -0.1) is 5.10 Å². The van der Waals surface area contributed by atoms with Crippen LogP contribution in [0.1, 0.15) is 43.1 Å². The van der Waals surface area contributed by atoms with Crippen molar-refractivity contribution in [3.05, 3.63) is 22.7 Å². The van der Waals surface area contributed by atoms with Crippen LogP contribution in [0.4, 0.5) is 0 Å². The standard InChI is InChI=1S/C10H14N2OS/c13-10(9-7-11-12-14-9)8-5-3-1-2-4-6-8/h5,7,10,13H,1-4,6H2. The van der Waals surface area contributed by atoms with Crippen LogP contribution in [0.3, 0.4) is 0 Å². The van der Waals surface area contributed by atoms with Gasteiger partial charge in [0.25, 0.3) is 0 Å². The van der Waals surface area contributed by atoms with Crippen LogP contribution in [0.25, 0.3) is 0 Å². The lowest BCUT2D eigenvalue weighted by Crippen LogP contribution is -1.99. The maximum atomic E-state index is 10.0. The zero-order chi connectivity index (χ0) is 9.80. The van der Waals surface area contributed by atoms with Crippen molar-refractivity contribution in [1.82, 2.24) is 9.59 Å². The summed E-state index contributed by atoms with van der Waals surface area (Å²) in [6, 6.07) is 0. The summed E-state index contributed by atoms with van der Waals surface area (Å²) in [5.74, 6) is 0. The number of aromatic nitrogens is 2. The normalized spacial score (nSPS) is 19.9. The van der Waals surface area contributed by atoms with E-state index >= 15 is 0 Å². The van der Waals surface area contributed by atoms with E-state index in [2.05, 4.69) is 15.7 Å². The highest BCUT2D eigenvalue weighted by molar-refractivity contribution is 7.05. The molecular formula is C10H14N2OS. The third-order valence-electron chi connectivity index (χ3n) is 2.58. The van der Waals surface area contributed by atoms with Crippen molar-refractivity contribution in [3.63, 3.8) is 0 Å². The van der Waals surface area contributed by atoms with E-state index in [-0.39, 0.29) is 0 Å². The molecule has 14 heavy (non-hydrogen) atoms. The molecule has 0 saturated carbocycles. The first kappa shape index (κ1) is 9.80. The minimum atomic E-state index is -0.465. The van der Waals surface area contributed by atoms with Crippen LogP contribution in [-0.4, -0.2) is 14.7 Å². The molecule has 0 saturated heterocycles. The van der Waals surface area contributed by atoms with E-state index in [1.807, 2.05) is 0 Å². The zero-order valence-electron chi connectivity index (χ0n) is 8.02. The molecule has 0 bridgehead atoms. The minimum Gasteiger partial charge on any atom is -0.383 e. The number of rotatable bonds is 2. The van der Waals surface area contributed by atoms with Gasteiger partial charge < -0.3 is 5.11 Å². The molecular weight excluding hydrogens is 196 g/mol. The van der Waals surface area contributed by atoms with E-state index in [0.717, 1.165) is 23.3 Å². The number of hydrogen-bond donors (Lipinski definition) is 1. The molecule has 0 radical (unpaired) electrons. The first-order chi connectivity index (χ1) is 6.88. The van der Waals surface area contributed by atoms with Crippen molar-refractivity contribution in [2.45, 2.75) is 38.2 Å². The predicted molar refractivity (Wildman–Crippen MR) is 56.0 cm³/mol. The second kappa shape index (κ2) is 4.66. The molecule has 1 atom stereocenters. The molecule has 3 nitrogen and oxygen atoms in total. The Morgan fingerprint density at radius 1 is 1.36 bits per heavy atom. The molecule has 1 aromatic rings. The lowest BCUT2D eigenvalue weighted by Gasteiger charge is -2.10. The molecule has 2 rings (SSSR count). The highest BCUT2D eigenvalue weighted by Crippen LogP contribution is 2.29. The molecule has 0 fully saturated rings. The van der Waals surface area contributed by atoms with Crippen molar-refractivity contribution in [1.29, 1.82) is 0 Å². The molecule has 1 N–H and O–H groups in total. The topological polar surface area (TPSA) is 46.0 Å². The lowest BCUT2D eigenvalue weighted by molar-refractivity contribution is 0.214. The van der Waals surface area contributed by atoms with Gasteiger partial charge in [-0.1, -0.05) is 17.0 Å². The highest BCUT2D eigenvalue weighted by Gasteiger charge is 2.16. The fourth-order valence-electron chi connectivity index (χ4n) is 1.77. The molecule has 0 amide bonds. The van der Waals surface area contributed by atoms with Gasteiger partial charge in [-0.05, 0) is 42.8 Å². The lowest BCUT2D eigenvalue weighted by atomic mass is 10.0. The average Bonchev–Trinajstić information content (AvgIpc) is 2.59. The molecule has 1 aliphatic rings. The second-order valence-corrected chi connectivity index (χ2v) is 4.42. The van der Waals surface area contributed by atoms with Gasteiger partial charge in [0.1, 0.15) is 6.10 Å². The summed E-state index contributed by atoms with van der Waals surface area (Å²) < 4.78 is 3.77. The SMILES string of the molecule is OC(C1=CCCCCC1)c1cnns1. The molecule has 0 aliphatic heterocycles. The van der Waals surface area contributed by atoms with E-state index in [9.17, 15) is 5.11 Å². The van der Waals surface area contributed by atoms with Gasteiger partial charge in [-0.3, -0.25) is 0 Å². The second-order valence-electron chi connectivity index (χ2n) is 3.60. The Kier molecular flexibility index (Phi) is 3.26. The molecule has 76 valence electrons. The number of allylic oxidation sites excluding steroid dienone is 1. The van der Waals surface area contributed by atoms with E-state index in [1.165, 1.54) is 30.8 Å². The largest absolute Gasteiger partial charge is 0.383 e. The van der Waals surface area contributed by atoms with Crippen molar-refractivity contribution in [3.8, 4) is 0 Å². The number of nitrogens with zero attached hydrogens (tertiary/aromatic N) is 2. The smallest absolute Gasteiger partial charge is 0.112 e. The number of aliphatic hydroxyl groups excluding tert-OH is 1. The summed E-state index contributed by atoms with van der Waals surface area (Å²) in [6.45, 7) is 0. The number of hydrogen-bond acceptors (Lipinski definition) is 4. The van der Waals surface area contributed by atoms with E-state index in [1.54, 1.807) is 6.20 Å². The van der Waals surface area contributed by atoms with E-state index in [0.29, 0.717) is 0 Å². The number of aliphatic hydroxyl groups is 1. The summed E-state index contributed by atoms with van der Waals surface area (Å²) in [6.07, 6.45) is 9.18. The van der Waals surface area contributed by atoms with Gasteiger partial charge in [0.2, 0.25) is 0 Å². The fraction of sp³-hybridized carbons (Fsp3) is 0.600. The van der Waals surface area contributed by atoms with Gasteiger partial charge in [-0.2, -0.15) is 0 Å². The Balaban J connectivity index is 2.10. The molecule has 1 heterocycles. The Labute approximate surface area is 87.6 Å². The predicted octanol–water partition coefficient (Wildman–Crippen LogP) is 2.46. The third-order valence-corrected chi connectivity index (χ3v) is 3.29. The van der Waals surface area contributed by atoms with Crippen LogP contribution in [0.15, 0.2) is 17.8 Å².